The van der Waals surface area contributed by atoms with Crippen LogP contribution in [0.25, 0.3) is 6.08 Å². The van der Waals surface area contributed by atoms with Gasteiger partial charge in [0.1, 0.15) is 11.6 Å². The lowest BCUT2D eigenvalue weighted by Crippen LogP contribution is -2.43. The highest BCUT2D eigenvalue weighted by atomic mass is 35.5. The Hall–Kier alpha value is -3.78. The number of aromatic nitrogens is 2. The summed E-state index contributed by atoms with van der Waals surface area (Å²) >= 11 is 5.82. The van der Waals surface area contributed by atoms with E-state index in [9.17, 15) is 14.0 Å². The number of amides is 2. The van der Waals surface area contributed by atoms with Crippen molar-refractivity contribution in [3.8, 4) is 11.5 Å². The van der Waals surface area contributed by atoms with Gasteiger partial charge in [-0.05, 0) is 60.9 Å². The second-order valence-electron chi connectivity index (χ2n) is 7.79. The predicted octanol–water partition coefficient (Wildman–Crippen LogP) is 4.95. The molecule has 1 unspecified atom stereocenters. The van der Waals surface area contributed by atoms with Crippen LogP contribution in [0.15, 0.2) is 67.1 Å². The monoisotopic (exact) mass is 480 g/mol. The van der Waals surface area contributed by atoms with Gasteiger partial charge in [0.05, 0.1) is 17.1 Å². The zero-order valence-corrected chi connectivity index (χ0v) is 18.9. The summed E-state index contributed by atoms with van der Waals surface area (Å²) in [7, 11) is 0. The summed E-state index contributed by atoms with van der Waals surface area (Å²) in [5.41, 5.74) is 0.518. The number of hydrogen-bond acceptors (Lipinski definition) is 5. The van der Waals surface area contributed by atoms with E-state index in [1.54, 1.807) is 47.5 Å². The molecule has 1 aliphatic heterocycles. The van der Waals surface area contributed by atoms with Gasteiger partial charge in [0, 0.05) is 31.6 Å². The minimum Gasteiger partial charge on any atom is -0.453 e. The van der Waals surface area contributed by atoms with Crippen molar-refractivity contribution in [1.82, 2.24) is 14.9 Å². The van der Waals surface area contributed by atoms with Crippen LogP contribution in [-0.4, -0.2) is 39.8 Å². The van der Waals surface area contributed by atoms with Crippen molar-refractivity contribution in [1.29, 1.82) is 0 Å². The van der Waals surface area contributed by atoms with Gasteiger partial charge < -0.3 is 15.0 Å². The molecular formula is C25H22ClFN4O3. The Labute approximate surface area is 201 Å². The Bertz CT molecular complexity index is 1190. The van der Waals surface area contributed by atoms with Gasteiger partial charge >= 0.3 is 0 Å². The highest BCUT2D eigenvalue weighted by molar-refractivity contribution is 6.30. The molecule has 2 aromatic heterocycles. The summed E-state index contributed by atoms with van der Waals surface area (Å²) in [5.74, 6) is -0.419. The van der Waals surface area contributed by atoms with Gasteiger partial charge in [0.2, 0.25) is 11.8 Å². The molecule has 1 fully saturated rings. The number of pyridine rings is 2. The normalized spacial score (nSPS) is 15.8. The molecule has 1 saturated heterocycles. The maximum Gasteiger partial charge on any atom is 0.246 e. The van der Waals surface area contributed by atoms with Crippen molar-refractivity contribution >= 4 is 35.3 Å². The zero-order valence-electron chi connectivity index (χ0n) is 18.2. The third kappa shape index (κ3) is 6.17. The first-order valence-electron chi connectivity index (χ1n) is 10.7. The smallest absolute Gasteiger partial charge is 0.246 e. The predicted molar refractivity (Wildman–Crippen MR) is 127 cm³/mol. The first-order chi connectivity index (χ1) is 16.5. The van der Waals surface area contributed by atoms with Crippen molar-refractivity contribution in [3.63, 3.8) is 0 Å². The highest BCUT2D eigenvalue weighted by Gasteiger charge is 2.27. The van der Waals surface area contributed by atoms with E-state index in [0.29, 0.717) is 48.1 Å². The van der Waals surface area contributed by atoms with Gasteiger partial charge in [-0.1, -0.05) is 17.7 Å². The molecule has 1 atom stereocenters. The lowest BCUT2D eigenvalue weighted by atomic mass is 9.97. The topological polar surface area (TPSA) is 84.4 Å². The first kappa shape index (κ1) is 23.4. The molecule has 1 N–H and O–H groups in total. The van der Waals surface area contributed by atoms with Crippen LogP contribution in [0.5, 0.6) is 11.5 Å². The fraction of sp³-hybridized carbons (Fsp3) is 0.200. The quantitative estimate of drug-likeness (QED) is 0.504. The van der Waals surface area contributed by atoms with Crippen molar-refractivity contribution < 1.29 is 18.7 Å². The van der Waals surface area contributed by atoms with Crippen LogP contribution < -0.4 is 10.1 Å². The molecule has 0 spiro atoms. The van der Waals surface area contributed by atoms with E-state index in [-0.39, 0.29) is 23.5 Å². The average molecular weight is 481 g/mol. The number of nitrogens with zero attached hydrogens (tertiary/aromatic N) is 3. The number of carbonyl (C=O) groups is 2. The Kier molecular flexibility index (Phi) is 7.49. The molecule has 7 nitrogen and oxygen atoms in total. The second-order valence-corrected chi connectivity index (χ2v) is 8.22. The van der Waals surface area contributed by atoms with E-state index in [0.717, 1.165) is 0 Å². The molecule has 9 heteroatoms. The largest absolute Gasteiger partial charge is 0.453 e. The molecule has 4 rings (SSSR count). The van der Waals surface area contributed by atoms with E-state index in [1.165, 1.54) is 30.6 Å². The molecule has 0 saturated carbocycles. The highest BCUT2D eigenvalue weighted by Crippen LogP contribution is 2.25. The molecule has 34 heavy (non-hydrogen) atoms. The van der Waals surface area contributed by atoms with E-state index >= 15 is 0 Å². The van der Waals surface area contributed by atoms with Crippen LogP contribution in [0.3, 0.4) is 0 Å². The molecule has 1 aliphatic rings. The van der Waals surface area contributed by atoms with Gasteiger partial charge in [0.25, 0.3) is 0 Å². The number of halogens is 2. The maximum atomic E-state index is 14.4. The standard InChI is InChI=1S/C25H22ClFN4O3/c26-19-7-9-23(29-14-19)30-25(33)18-3-2-12-31(16-18)24(32)10-6-17-5-8-22(21(27)13-17)34-20-4-1-11-28-15-20/h1,4-11,13-15,18H,2-3,12,16H2,(H,29,30,33)/b10-6+. The Morgan fingerprint density at radius 3 is 2.82 bits per heavy atom. The van der Waals surface area contributed by atoms with Crippen LogP contribution in [0.4, 0.5) is 10.2 Å². The Morgan fingerprint density at radius 1 is 1.21 bits per heavy atom. The van der Waals surface area contributed by atoms with Crippen molar-refractivity contribution in [3.05, 3.63) is 83.5 Å². The number of carbonyl (C=O) groups excluding carboxylic acids is 2. The van der Waals surface area contributed by atoms with Gasteiger partial charge in [0.15, 0.2) is 11.6 Å². The molecule has 0 radical (unpaired) electrons. The van der Waals surface area contributed by atoms with Gasteiger partial charge in [-0.25, -0.2) is 9.37 Å². The number of hydrogen-bond donors (Lipinski definition) is 1. The molecule has 3 heterocycles. The van der Waals surface area contributed by atoms with Crippen LogP contribution >= 0.6 is 11.6 Å². The molecule has 0 aliphatic carbocycles. The third-order valence-electron chi connectivity index (χ3n) is 5.32. The van der Waals surface area contributed by atoms with Gasteiger partial charge in [-0.3, -0.25) is 14.6 Å². The lowest BCUT2D eigenvalue weighted by Gasteiger charge is -2.31. The first-order valence-corrected chi connectivity index (χ1v) is 11.1. The van der Waals surface area contributed by atoms with Gasteiger partial charge in [-0.15, -0.1) is 0 Å². The van der Waals surface area contributed by atoms with Crippen LogP contribution in [0, 0.1) is 11.7 Å². The summed E-state index contributed by atoms with van der Waals surface area (Å²) in [6.07, 6.45) is 8.86. The molecule has 2 amide bonds. The Morgan fingerprint density at radius 2 is 2.09 bits per heavy atom. The fourth-order valence-corrected chi connectivity index (χ4v) is 3.69. The summed E-state index contributed by atoms with van der Waals surface area (Å²) in [6.45, 7) is 0.854. The van der Waals surface area contributed by atoms with Crippen LogP contribution in [0.1, 0.15) is 18.4 Å². The van der Waals surface area contributed by atoms with E-state index in [1.807, 2.05) is 0 Å². The number of anilines is 1. The van der Waals surface area contributed by atoms with Crippen molar-refractivity contribution in [2.45, 2.75) is 12.8 Å². The maximum absolute atomic E-state index is 14.4. The number of benzene rings is 1. The minimum atomic E-state index is -0.552. The summed E-state index contributed by atoms with van der Waals surface area (Å²) < 4.78 is 19.9. The number of rotatable bonds is 6. The van der Waals surface area contributed by atoms with Crippen molar-refractivity contribution in [2.24, 2.45) is 5.92 Å². The molecule has 0 bridgehead atoms. The average Bonchev–Trinajstić information content (AvgIpc) is 2.86. The summed E-state index contributed by atoms with van der Waals surface area (Å²) in [5, 5.41) is 3.24. The second kappa shape index (κ2) is 10.9. The zero-order chi connectivity index (χ0) is 23.9. The number of piperidine rings is 1. The number of likely N-dealkylation sites (tertiary alicyclic amines) is 1. The van der Waals surface area contributed by atoms with Crippen LogP contribution in [0.2, 0.25) is 5.02 Å². The third-order valence-corrected chi connectivity index (χ3v) is 5.54. The number of ether oxygens (including phenoxy) is 1. The molecule has 1 aromatic carbocycles. The molecule has 3 aromatic rings. The van der Waals surface area contributed by atoms with E-state index in [2.05, 4.69) is 15.3 Å². The summed E-state index contributed by atoms with van der Waals surface area (Å²) in [6, 6.07) is 11.1. The number of nitrogens with one attached hydrogen (secondary N) is 1. The lowest BCUT2D eigenvalue weighted by molar-refractivity contribution is -0.130. The van der Waals surface area contributed by atoms with E-state index in [4.69, 9.17) is 16.3 Å². The SMILES string of the molecule is O=C(Nc1ccc(Cl)cn1)C1CCCN(C(=O)/C=C/c2ccc(Oc3cccnc3)c(F)c2)C1. The van der Waals surface area contributed by atoms with Gasteiger partial charge in [-0.2, -0.15) is 0 Å². The molecule has 174 valence electrons. The molecular weight excluding hydrogens is 459 g/mol. The minimum absolute atomic E-state index is 0.0662. The summed E-state index contributed by atoms with van der Waals surface area (Å²) in [4.78, 5) is 34.9. The van der Waals surface area contributed by atoms with Crippen LogP contribution in [-0.2, 0) is 9.59 Å². The fourth-order valence-electron chi connectivity index (χ4n) is 3.58. The van der Waals surface area contributed by atoms with E-state index < -0.39 is 5.82 Å². The van der Waals surface area contributed by atoms with Crippen molar-refractivity contribution in [2.75, 3.05) is 18.4 Å². The Balaban J connectivity index is 1.34.